The van der Waals surface area contributed by atoms with E-state index in [9.17, 15) is 14.4 Å². The molecule has 0 spiro atoms. The Kier molecular flexibility index (Phi) is 2.93. The minimum absolute atomic E-state index is 0.328. The second-order valence-corrected chi connectivity index (χ2v) is 3.47. The highest BCUT2D eigenvalue weighted by Crippen LogP contribution is 2.33. The lowest BCUT2D eigenvalue weighted by molar-refractivity contribution is -0.141. The van der Waals surface area contributed by atoms with Crippen LogP contribution in [-0.2, 0) is 9.59 Å². The van der Waals surface area contributed by atoms with E-state index in [4.69, 9.17) is 0 Å². The van der Waals surface area contributed by atoms with E-state index in [0.717, 1.165) is 0 Å². The van der Waals surface area contributed by atoms with Crippen molar-refractivity contribution in [2.75, 3.05) is 0 Å². The summed E-state index contributed by atoms with van der Waals surface area (Å²) in [6, 6.07) is -0.752. The van der Waals surface area contributed by atoms with E-state index in [1.54, 1.807) is 26.8 Å². The third kappa shape index (κ3) is 1.54. The second-order valence-electron chi connectivity index (χ2n) is 3.47. The normalized spacial score (nSPS) is 21.0. The highest BCUT2D eigenvalue weighted by Gasteiger charge is 2.49. The van der Waals surface area contributed by atoms with E-state index in [1.807, 2.05) is 0 Å². The summed E-state index contributed by atoms with van der Waals surface area (Å²) in [5, 5.41) is 4.23. The van der Waals surface area contributed by atoms with Gasteiger partial charge in [-0.05, 0) is 20.3 Å². The molecule has 5 nitrogen and oxygen atoms in total. The molecule has 0 aromatic rings. The average Bonchev–Trinajstić information content (AvgIpc) is 2.17. The fourth-order valence-corrected chi connectivity index (χ4v) is 1.76. The van der Waals surface area contributed by atoms with Crippen LogP contribution in [0.4, 0.5) is 4.79 Å². The Morgan fingerprint density at radius 1 is 1.27 bits per heavy atom. The Morgan fingerprint density at radius 3 is 2.07 bits per heavy atom. The molecular formula is C10H14N2O3. The predicted molar refractivity (Wildman–Crippen MR) is 53.8 cm³/mol. The smallest absolute Gasteiger partial charge is 0.277 e. The van der Waals surface area contributed by atoms with Gasteiger partial charge in [0, 0.05) is 0 Å². The van der Waals surface area contributed by atoms with Crippen molar-refractivity contribution >= 4 is 17.8 Å². The standard InChI is InChI=1S/C10H14N2O3/c1-4-6(3)10(5-2)7(13)11-9(15)12-8(10)14/h4H,5H2,1-3H3,(H2,11,12,13,14,15)/b6-4+. The predicted octanol–water partition coefficient (Wildman–Crippen LogP) is 0.715. The van der Waals surface area contributed by atoms with Crippen molar-refractivity contribution in [3.63, 3.8) is 0 Å². The molecule has 82 valence electrons. The zero-order valence-corrected chi connectivity index (χ0v) is 9.01. The van der Waals surface area contributed by atoms with Crippen LogP contribution in [0.5, 0.6) is 0 Å². The van der Waals surface area contributed by atoms with Crippen LogP contribution in [-0.4, -0.2) is 17.8 Å². The monoisotopic (exact) mass is 210 g/mol. The molecule has 0 unspecified atom stereocenters. The second kappa shape index (κ2) is 3.84. The van der Waals surface area contributed by atoms with Crippen molar-refractivity contribution in [1.82, 2.24) is 10.6 Å². The first-order valence-electron chi connectivity index (χ1n) is 4.79. The molecule has 2 N–H and O–H groups in total. The number of allylic oxidation sites excluding steroid dienone is 1. The fourth-order valence-electron chi connectivity index (χ4n) is 1.76. The highest BCUT2D eigenvalue weighted by atomic mass is 16.2. The SMILES string of the molecule is C/C=C(\C)C1(CC)C(=O)NC(=O)NC1=O. The molecule has 1 aliphatic rings. The molecule has 0 radical (unpaired) electrons. The van der Waals surface area contributed by atoms with Crippen LogP contribution in [0.1, 0.15) is 27.2 Å². The molecule has 5 heteroatoms. The van der Waals surface area contributed by atoms with Gasteiger partial charge in [0.2, 0.25) is 11.8 Å². The van der Waals surface area contributed by atoms with Crippen molar-refractivity contribution in [2.24, 2.45) is 5.41 Å². The summed E-state index contributed by atoms with van der Waals surface area (Å²) < 4.78 is 0. The molecule has 0 atom stereocenters. The molecule has 0 aromatic heterocycles. The number of urea groups is 1. The Labute approximate surface area is 87.9 Å². The largest absolute Gasteiger partial charge is 0.328 e. The van der Waals surface area contributed by atoms with Gasteiger partial charge >= 0.3 is 6.03 Å². The van der Waals surface area contributed by atoms with Crippen LogP contribution in [0.15, 0.2) is 11.6 Å². The first-order valence-corrected chi connectivity index (χ1v) is 4.79. The molecule has 0 aliphatic carbocycles. The van der Waals surface area contributed by atoms with E-state index >= 15 is 0 Å². The van der Waals surface area contributed by atoms with Gasteiger partial charge in [-0.2, -0.15) is 0 Å². The van der Waals surface area contributed by atoms with Gasteiger partial charge in [-0.1, -0.05) is 18.6 Å². The first-order chi connectivity index (χ1) is 6.98. The molecule has 0 bridgehead atoms. The third-order valence-corrected chi connectivity index (χ3v) is 2.87. The lowest BCUT2D eigenvalue weighted by Crippen LogP contribution is -2.62. The van der Waals surface area contributed by atoms with Gasteiger partial charge in [0.05, 0.1) is 0 Å². The molecule has 4 amide bonds. The number of hydrogen-bond acceptors (Lipinski definition) is 3. The van der Waals surface area contributed by atoms with Gasteiger partial charge in [0.25, 0.3) is 0 Å². The summed E-state index contributed by atoms with van der Waals surface area (Å²) in [4.78, 5) is 34.4. The zero-order chi connectivity index (χ0) is 11.6. The molecule has 1 fully saturated rings. The number of carbonyl (C=O) groups excluding carboxylic acids is 3. The van der Waals surface area contributed by atoms with Crippen LogP contribution in [0.25, 0.3) is 0 Å². The minimum atomic E-state index is -1.23. The van der Waals surface area contributed by atoms with Crippen LogP contribution >= 0.6 is 0 Å². The van der Waals surface area contributed by atoms with E-state index < -0.39 is 23.3 Å². The number of amides is 4. The summed E-state index contributed by atoms with van der Waals surface area (Å²) in [5.41, 5.74) is -0.588. The summed E-state index contributed by atoms with van der Waals surface area (Å²) in [7, 11) is 0. The molecule has 0 saturated carbocycles. The third-order valence-electron chi connectivity index (χ3n) is 2.87. The summed E-state index contributed by atoms with van der Waals surface area (Å²) in [6.45, 7) is 5.20. The van der Waals surface area contributed by atoms with Gasteiger partial charge < -0.3 is 0 Å². The van der Waals surface area contributed by atoms with Crippen LogP contribution in [0, 0.1) is 5.41 Å². The topological polar surface area (TPSA) is 75.3 Å². The quantitative estimate of drug-likeness (QED) is 0.520. The average molecular weight is 210 g/mol. The van der Waals surface area contributed by atoms with Crippen molar-refractivity contribution in [2.45, 2.75) is 27.2 Å². The maximum Gasteiger partial charge on any atom is 0.328 e. The Hall–Kier alpha value is -1.65. The lowest BCUT2D eigenvalue weighted by atomic mass is 9.75. The van der Waals surface area contributed by atoms with Gasteiger partial charge in [-0.3, -0.25) is 20.2 Å². The molecular weight excluding hydrogens is 196 g/mol. The highest BCUT2D eigenvalue weighted by molar-refractivity contribution is 6.20. The molecule has 1 rings (SSSR count). The number of imide groups is 2. The number of barbiturate groups is 1. The molecule has 1 saturated heterocycles. The summed E-state index contributed by atoms with van der Waals surface area (Å²) in [5.74, 6) is -1.09. The Bertz CT molecular complexity index is 338. The van der Waals surface area contributed by atoms with Crippen LogP contribution in [0.2, 0.25) is 0 Å². The van der Waals surface area contributed by atoms with E-state index in [-0.39, 0.29) is 0 Å². The van der Waals surface area contributed by atoms with Crippen LogP contribution in [0.3, 0.4) is 0 Å². The minimum Gasteiger partial charge on any atom is -0.277 e. The van der Waals surface area contributed by atoms with Crippen LogP contribution < -0.4 is 10.6 Å². The maximum atomic E-state index is 11.7. The van der Waals surface area contributed by atoms with Gasteiger partial charge in [-0.15, -0.1) is 0 Å². The number of hydrogen-bond donors (Lipinski definition) is 2. The lowest BCUT2D eigenvalue weighted by Gasteiger charge is -2.33. The number of rotatable bonds is 2. The van der Waals surface area contributed by atoms with Crippen molar-refractivity contribution in [3.05, 3.63) is 11.6 Å². The van der Waals surface area contributed by atoms with Crippen molar-refractivity contribution in [1.29, 1.82) is 0 Å². The Balaban J connectivity index is 3.23. The maximum absolute atomic E-state index is 11.7. The first kappa shape index (κ1) is 11.4. The van der Waals surface area contributed by atoms with Gasteiger partial charge in [0.1, 0.15) is 5.41 Å². The molecule has 15 heavy (non-hydrogen) atoms. The number of carbonyl (C=O) groups is 3. The number of nitrogens with one attached hydrogen (secondary N) is 2. The zero-order valence-electron chi connectivity index (χ0n) is 9.01. The summed E-state index contributed by atoms with van der Waals surface area (Å²) in [6.07, 6.45) is 2.03. The van der Waals surface area contributed by atoms with Crippen molar-refractivity contribution < 1.29 is 14.4 Å². The van der Waals surface area contributed by atoms with Gasteiger partial charge in [-0.25, -0.2) is 4.79 Å². The summed E-state index contributed by atoms with van der Waals surface area (Å²) >= 11 is 0. The van der Waals surface area contributed by atoms with E-state index in [0.29, 0.717) is 12.0 Å². The van der Waals surface area contributed by atoms with Gasteiger partial charge in [0.15, 0.2) is 0 Å². The van der Waals surface area contributed by atoms with E-state index in [2.05, 4.69) is 10.6 Å². The molecule has 1 aliphatic heterocycles. The fraction of sp³-hybridized carbons (Fsp3) is 0.500. The van der Waals surface area contributed by atoms with Crippen molar-refractivity contribution in [3.8, 4) is 0 Å². The Morgan fingerprint density at radius 2 is 1.73 bits per heavy atom. The molecule has 0 aromatic carbocycles. The van der Waals surface area contributed by atoms with E-state index in [1.165, 1.54) is 0 Å². The molecule has 1 heterocycles.